The minimum Gasteiger partial charge on any atom is -0.493 e. The van der Waals surface area contributed by atoms with Crippen LogP contribution in [0.25, 0.3) is 10.9 Å². The molecule has 0 fully saturated rings. The van der Waals surface area contributed by atoms with Crippen molar-refractivity contribution in [2.24, 2.45) is 17.3 Å². The van der Waals surface area contributed by atoms with E-state index >= 15 is 0 Å². The van der Waals surface area contributed by atoms with E-state index in [9.17, 15) is 14.7 Å². The first-order chi connectivity index (χ1) is 13.0. The van der Waals surface area contributed by atoms with Gasteiger partial charge in [0.25, 0.3) is 11.8 Å². The summed E-state index contributed by atoms with van der Waals surface area (Å²) in [5.41, 5.74) is 1.53. The van der Waals surface area contributed by atoms with Crippen molar-refractivity contribution in [3.63, 3.8) is 0 Å². The van der Waals surface area contributed by atoms with E-state index < -0.39 is 5.91 Å². The lowest BCUT2D eigenvalue weighted by Crippen LogP contribution is -2.25. The zero-order valence-corrected chi connectivity index (χ0v) is 16.1. The molecule has 2 N–H and O–H groups in total. The molecule has 0 bridgehead atoms. The first kappa shape index (κ1) is 18.8. The van der Waals surface area contributed by atoms with Gasteiger partial charge < -0.3 is 15.0 Å². The Hall–Kier alpha value is -3.00. The fourth-order valence-corrected chi connectivity index (χ4v) is 2.97. The molecule has 1 heterocycles. The maximum Gasteiger partial charge on any atom is 0.266 e. The molecule has 0 aliphatic heterocycles. The average molecular weight is 429 g/mol. The zero-order valence-electron chi connectivity index (χ0n) is 14.5. The number of aryl methyl sites for hydroxylation is 1. The monoisotopic (exact) mass is 428 g/mol. The Bertz CT molecular complexity index is 1030. The number of nitrogens with zero attached hydrogens (tertiary/aromatic N) is 3. The van der Waals surface area contributed by atoms with E-state index in [0.717, 1.165) is 9.99 Å². The Morgan fingerprint density at radius 2 is 1.93 bits per heavy atom. The highest BCUT2D eigenvalue weighted by atomic mass is 79.9. The highest BCUT2D eigenvalue weighted by molar-refractivity contribution is 9.10. The highest BCUT2D eigenvalue weighted by Gasteiger charge is 2.15. The fourth-order valence-electron chi connectivity index (χ4n) is 2.61. The van der Waals surface area contributed by atoms with Gasteiger partial charge in [-0.2, -0.15) is 0 Å². The van der Waals surface area contributed by atoms with Crippen molar-refractivity contribution in [2.75, 3.05) is 6.54 Å². The van der Waals surface area contributed by atoms with E-state index in [-0.39, 0.29) is 30.4 Å². The normalized spacial score (nSPS) is 11.2. The van der Waals surface area contributed by atoms with Crippen LogP contribution in [-0.2, 0) is 11.8 Å². The van der Waals surface area contributed by atoms with Gasteiger partial charge >= 0.3 is 0 Å². The lowest BCUT2D eigenvalue weighted by Gasteiger charge is -2.02. The average Bonchev–Trinajstić information content (AvgIpc) is 2.90. The predicted octanol–water partition coefficient (Wildman–Crippen LogP) is 4.08. The number of aromatic hydroxyl groups is 1. The van der Waals surface area contributed by atoms with Crippen molar-refractivity contribution < 1.29 is 14.7 Å². The minimum absolute atomic E-state index is 0.0112. The molecule has 1 aromatic heterocycles. The lowest BCUT2D eigenvalue weighted by atomic mass is 10.2. The molecular formula is C19H17BrN4O3. The number of fused-ring (bicyclic) bond motifs is 1. The lowest BCUT2D eigenvalue weighted by molar-refractivity contribution is -0.118. The van der Waals surface area contributed by atoms with Crippen LogP contribution in [-0.4, -0.2) is 28.0 Å². The van der Waals surface area contributed by atoms with Gasteiger partial charge in [0.1, 0.15) is 0 Å². The van der Waals surface area contributed by atoms with Crippen molar-refractivity contribution in [3.8, 4) is 5.88 Å². The SMILES string of the molecule is Cn1c(O)c(N=NC(=O)CCNC(=O)c2ccccc2)c2cc(Br)ccc21. The van der Waals surface area contributed by atoms with Crippen LogP contribution in [0, 0.1) is 0 Å². The Kier molecular flexibility index (Phi) is 5.66. The van der Waals surface area contributed by atoms with E-state index in [1.165, 1.54) is 0 Å². The van der Waals surface area contributed by atoms with Crippen LogP contribution in [0.15, 0.2) is 63.2 Å². The van der Waals surface area contributed by atoms with Gasteiger partial charge in [0.2, 0.25) is 5.88 Å². The van der Waals surface area contributed by atoms with Crippen LogP contribution in [0.4, 0.5) is 5.69 Å². The predicted molar refractivity (Wildman–Crippen MR) is 105 cm³/mol. The molecule has 27 heavy (non-hydrogen) atoms. The summed E-state index contributed by atoms with van der Waals surface area (Å²) in [5.74, 6) is -0.816. The summed E-state index contributed by atoms with van der Waals surface area (Å²) in [4.78, 5) is 23.9. The van der Waals surface area contributed by atoms with Gasteiger partial charge in [-0.25, -0.2) is 0 Å². The molecule has 0 aliphatic rings. The molecule has 2 amide bonds. The van der Waals surface area contributed by atoms with Gasteiger partial charge in [0.05, 0.1) is 5.52 Å². The number of aromatic nitrogens is 1. The summed E-state index contributed by atoms with van der Waals surface area (Å²) in [7, 11) is 1.70. The third-order valence-electron chi connectivity index (χ3n) is 4.03. The van der Waals surface area contributed by atoms with Crippen LogP contribution in [0.3, 0.4) is 0 Å². The molecule has 0 radical (unpaired) electrons. The van der Waals surface area contributed by atoms with Gasteiger partial charge in [-0.3, -0.25) is 9.59 Å². The Morgan fingerprint density at radius 1 is 1.19 bits per heavy atom. The van der Waals surface area contributed by atoms with Crippen LogP contribution in [0.1, 0.15) is 16.8 Å². The topological polar surface area (TPSA) is 96.0 Å². The molecular weight excluding hydrogens is 412 g/mol. The number of rotatable bonds is 5. The van der Waals surface area contributed by atoms with Crippen LogP contribution < -0.4 is 5.32 Å². The number of amides is 2. The van der Waals surface area contributed by atoms with Gasteiger partial charge in [-0.15, -0.1) is 10.2 Å². The smallest absolute Gasteiger partial charge is 0.266 e. The van der Waals surface area contributed by atoms with E-state index in [0.29, 0.717) is 10.9 Å². The third kappa shape index (κ3) is 4.22. The van der Waals surface area contributed by atoms with Crippen LogP contribution >= 0.6 is 15.9 Å². The van der Waals surface area contributed by atoms with E-state index in [1.54, 1.807) is 41.9 Å². The second-order valence-electron chi connectivity index (χ2n) is 5.86. The van der Waals surface area contributed by atoms with Crippen LogP contribution in [0.2, 0.25) is 0 Å². The van der Waals surface area contributed by atoms with Crippen molar-refractivity contribution in [1.82, 2.24) is 9.88 Å². The van der Waals surface area contributed by atoms with Gasteiger partial charge in [0, 0.05) is 35.4 Å². The summed E-state index contributed by atoms with van der Waals surface area (Å²) in [6.07, 6.45) is 0.0112. The van der Waals surface area contributed by atoms with Gasteiger partial charge in [-0.05, 0) is 30.3 Å². The first-order valence-corrected chi connectivity index (χ1v) is 9.01. The number of benzene rings is 2. The Balaban J connectivity index is 1.64. The number of azo groups is 1. The Labute approximate surface area is 163 Å². The molecule has 0 saturated carbocycles. The minimum atomic E-state index is -0.491. The second kappa shape index (κ2) is 8.13. The molecule has 0 atom stereocenters. The molecule has 138 valence electrons. The number of carbonyl (C=O) groups excluding carboxylic acids is 2. The molecule has 0 saturated heterocycles. The molecule has 8 heteroatoms. The number of halogens is 1. The fraction of sp³-hybridized carbons (Fsp3) is 0.158. The largest absolute Gasteiger partial charge is 0.493 e. The molecule has 0 spiro atoms. The zero-order chi connectivity index (χ0) is 19.4. The van der Waals surface area contributed by atoms with Crippen molar-refractivity contribution in [1.29, 1.82) is 0 Å². The van der Waals surface area contributed by atoms with E-state index in [4.69, 9.17) is 0 Å². The summed E-state index contributed by atoms with van der Waals surface area (Å²) in [6, 6.07) is 14.2. The summed E-state index contributed by atoms with van der Waals surface area (Å²) >= 11 is 3.38. The van der Waals surface area contributed by atoms with Crippen molar-refractivity contribution in [2.45, 2.75) is 6.42 Å². The molecule has 0 unspecified atom stereocenters. The van der Waals surface area contributed by atoms with Crippen molar-refractivity contribution >= 4 is 44.3 Å². The molecule has 2 aromatic carbocycles. The molecule has 3 aromatic rings. The number of hydrogen-bond acceptors (Lipinski definition) is 4. The van der Waals surface area contributed by atoms with E-state index in [2.05, 4.69) is 31.5 Å². The maximum atomic E-state index is 11.9. The highest BCUT2D eigenvalue weighted by Crippen LogP contribution is 2.39. The number of carbonyl (C=O) groups is 2. The number of nitrogens with one attached hydrogen (secondary N) is 1. The maximum absolute atomic E-state index is 11.9. The van der Waals surface area contributed by atoms with Crippen molar-refractivity contribution in [3.05, 3.63) is 58.6 Å². The van der Waals surface area contributed by atoms with Gasteiger partial charge in [0.15, 0.2) is 5.69 Å². The molecule has 0 aliphatic carbocycles. The third-order valence-corrected chi connectivity index (χ3v) is 4.52. The van der Waals surface area contributed by atoms with Gasteiger partial charge in [-0.1, -0.05) is 34.1 Å². The van der Waals surface area contributed by atoms with Crippen LogP contribution in [0.5, 0.6) is 5.88 Å². The Morgan fingerprint density at radius 3 is 2.67 bits per heavy atom. The quantitative estimate of drug-likeness (QED) is 0.599. The standard InChI is InChI=1S/C19H17BrN4O3/c1-24-15-8-7-13(20)11-14(15)17(19(24)27)23-22-16(25)9-10-21-18(26)12-5-3-2-4-6-12/h2-8,11,27H,9-10H2,1H3,(H,21,26). The summed E-state index contributed by atoms with van der Waals surface area (Å²) in [5, 5.41) is 21.2. The molecule has 7 nitrogen and oxygen atoms in total. The summed E-state index contributed by atoms with van der Waals surface area (Å²) < 4.78 is 2.40. The first-order valence-electron chi connectivity index (χ1n) is 8.22. The second-order valence-corrected chi connectivity index (χ2v) is 6.77. The summed E-state index contributed by atoms with van der Waals surface area (Å²) in [6.45, 7) is 0.151. The van der Waals surface area contributed by atoms with E-state index in [1.807, 2.05) is 18.2 Å². The number of hydrogen-bond donors (Lipinski definition) is 2. The molecule has 3 rings (SSSR count).